The van der Waals surface area contributed by atoms with Crippen LogP contribution in [-0.4, -0.2) is 29.1 Å². The molecule has 0 aliphatic rings. The third-order valence-corrected chi connectivity index (χ3v) is 0.316. The Morgan fingerprint density at radius 1 is 1.33 bits per heavy atom. The predicted octanol–water partition coefficient (Wildman–Crippen LogP) is -1.95. The van der Waals surface area contributed by atoms with Crippen LogP contribution in [0.15, 0.2) is 0 Å². The van der Waals surface area contributed by atoms with Gasteiger partial charge >= 0.3 is 6.96 Å². The molecule has 38 valence electrons. The highest BCUT2D eigenvalue weighted by atomic mass is 16.7. The first-order valence-corrected chi connectivity index (χ1v) is 1.42. The minimum atomic E-state index is -3.49. The van der Waals surface area contributed by atoms with E-state index in [1.165, 1.54) is 0 Å². The van der Waals surface area contributed by atoms with E-state index in [1.807, 2.05) is 0 Å². The molecule has 0 saturated heterocycles. The van der Waals surface area contributed by atoms with E-state index < -0.39 is 6.96 Å². The van der Waals surface area contributed by atoms with Gasteiger partial charge in [-0.25, -0.2) is 0 Å². The van der Waals surface area contributed by atoms with E-state index in [4.69, 9.17) is 15.1 Å². The molecule has 0 heterocycles. The summed E-state index contributed by atoms with van der Waals surface area (Å²) in [4.78, 5) is 0. The summed E-state index contributed by atoms with van der Waals surface area (Å²) in [6, 6.07) is 0. The number of hydrogen-bond donors (Lipinski definition) is 3. The Hall–Kier alpha value is -0.0951. The third kappa shape index (κ3) is 3.90. The molecule has 0 saturated carbocycles. The molecular formula is CH6BO4-. The highest BCUT2D eigenvalue weighted by molar-refractivity contribution is 6.48. The van der Waals surface area contributed by atoms with Crippen LogP contribution in [0.3, 0.4) is 0 Å². The normalized spacial score (nSPS) is 12.0. The van der Waals surface area contributed by atoms with E-state index in [9.17, 15) is 0 Å². The summed E-state index contributed by atoms with van der Waals surface area (Å²) in [6.07, 6.45) is 0. The second-order valence-corrected chi connectivity index (χ2v) is 0.898. The van der Waals surface area contributed by atoms with Gasteiger partial charge < -0.3 is 19.7 Å². The Bertz CT molecular complexity index is 37.3. The van der Waals surface area contributed by atoms with Crippen molar-refractivity contribution >= 4 is 6.96 Å². The third-order valence-electron chi connectivity index (χ3n) is 0.316. The highest BCUT2D eigenvalue weighted by Crippen LogP contribution is 1.80. The molecule has 0 bridgehead atoms. The van der Waals surface area contributed by atoms with Crippen molar-refractivity contribution in [2.75, 3.05) is 7.11 Å². The van der Waals surface area contributed by atoms with Crippen molar-refractivity contribution in [1.29, 1.82) is 0 Å². The fraction of sp³-hybridized carbons (Fsp3) is 1.00. The Kier molecular flexibility index (Phi) is 1.54. The van der Waals surface area contributed by atoms with Gasteiger partial charge in [0.1, 0.15) is 0 Å². The fourth-order valence-corrected chi connectivity index (χ4v) is 0. The van der Waals surface area contributed by atoms with E-state index in [-0.39, 0.29) is 0 Å². The smallest absolute Gasteiger partial charge is 0.523 e. The Morgan fingerprint density at radius 2 is 1.50 bits per heavy atom. The van der Waals surface area contributed by atoms with Gasteiger partial charge in [-0.3, -0.25) is 0 Å². The molecular weight excluding hydrogens is 86.8 g/mol. The number of rotatable bonds is 1. The Labute approximate surface area is 35.0 Å². The van der Waals surface area contributed by atoms with Crippen molar-refractivity contribution in [3.63, 3.8) is 0 Å². The lowest BCUT2D eigenvalue weighted by molar-refractivity contribution is 0.0881. The molecule has 0 aromatic carbocycles. The van der Waals surface area contributed by atoms with Crippen LogP contribution >= 0.6 is 0 Å². The van der Waals surface area contributed by atoms with Gasteiger partial charge in [0.05, 0.1) is 0 Å². The molecule has 0 aromatic rings. The quantitative estimate of drug-likeness (QED) is 0.329. The van der Waals surface area contributed by atoms with Crippen LogP contribution in [0.4, 0.5) is 0 Å². The molecule has 3 N–H and O–H groups in total. The van der Waals surface area contributed by atoms with Gasteiger partial charge in [0, 0.05) is 0 Å². The van der Waals surface area contributed by atoms with Crippen LogP contribution in [0.2, 0.25) is 0 Å². The minimum absolute atomic E-state index is 0.986. The van der Waals surface area contributed by atoms with E-state index in [2.05, 4.69) is 4.65 Å². The zero-order valence-corrected chi connectivity index (χ0v) is 3.33. The summed E-state index contributed by atoms with van der Waals surface area (Å²) in [7, 11) is 0.986. The monoisotopic (exact) mass is 93.0 g/mol. The summed E-state index contributed by atoms with van der Waals surface area (Å²) in [5.41, 5.74) is 0. The summed E-state index contributed by atoms with van der Waals surface area (Å²) < 4.78 is 3.67. The zero-order valence-electron chi connectivity index (χ0n) is 3.33. The van der Waals surface area contributed by atoms with Gasteiger partial charge in [-0.05, 0) is 7.11 Å². The average molecular weight is 92.9 g/mol. The van der Waals surface area contributed by atoms with Crippen LogP contribution < -0.4 is 0 Å². The van der Waals surface area contributed by atoms with Crippen molar-refractivity contribution in [3.05, 3.63) is 0 Å². The predicted molar refractivity (Wildman–Crippen MR) is 19.4 cm³/mol. The van der Waals surface area contributed by atoms with E-state index in [0.29, 0.717) is 0 Å². The highest BCUT2D eigenvalue weighted by Gasteiger charge is 2.12. The first-order valence-electron chi connectivity index (χ1n) is 1.42. The second kappa shape index (κ2) is 1.57. The van der Waals surface area contributed by atoms with Gasteiger partial charge in [0.25, 0.3) is 0 Å². The molecule has 4 nitrogen and oxygen atoms in total. The van der Waals surface area contributed by atoms with Crippen LogP contribution in [0.5, 0.6) is 0 Å². The standard InChI is InChI=1S/CH6BO4/c1-6-2(3,4)5/h3-5H,1H3/q-1. The van der Waals surface area contributed by atoms with Gasteiger partial charge in [-0.1, -0.05) is 0 Å². The molecule has 0 fully saturated rings. The van der Waals surface area contributed by atoms with Crippen molar-refractivity contribution in [1.82, 2.24) is 0 Å². The maximum Gasteiger partial charge on any atom is 0.523 e. The van der Waals surface area contributed by atoms with E-state index >= 15 is 0 Å². The lowest BCUT2D eigenvalue weighted by atomic mass is 10.1. The Balaban J connectivity index is 3.17. The zero-order chi connectivity index (χ0) is 5.21. The van der Waals surface area contributed by atoms with Crippen LogP contribution in [0.25, 0.3) is 0 Å². The molecule has 5 heteroatoms. The van der Waals surface area contributed by atoms with Gasteiger partial charge in [0.15, 0.2) is 0 Å². The van der Waals surface area contributed by atoms with E-state index in [1.54, 1.807) is 0 Å². The van der Waals surface area contributed by atoms with Crippen LogP contribution in [0, 0.1) is 0 Å². The fourth-order valence-electron chi connectivity index (χ4n) is 0. The Morgan fingerprint density at radius 3 is 1.50 bits per heavy atom. The molecule has 0 aromatic heterocycles. The van der Waals surface area contributed by atoms with Crippen LogP contribution in [0.1, 0.15) is 0 Å². The van der Waals surface area contributed by atoms with Crippen molar-refractivity contribution < 1.29 is 19.7 Å². The molecule has 0 aliphatic heterocycles. The van der Waals surface area contributed by atoms with Gasteiger partial charge in [0.2, 0.25) is 0 Å². The molecule has 0 rings (SSSR count). The van der Waals surface area contributed by atoms with Crippen LogP contribution in [-0.2, 0) is 4.65 Å². The minimum Gasteiger partial charge on any atom is -0.534 e. The van der Waals surface area contributed by atoms with Gasteiger partial charge in [-0.2, -0.15) is 0 Å². The largest absolute Gasteiger partial charge is 0.534 e. The molecule has 0 spiro atoms. The molecule has 6 heavy (non-hydrogen) atoms. The molecule has 0 radical (unpaired) electrons. The summed E-state index contributed by atoms with van der Waals surface area (Å²) >= 11 is 0. The SMILES string of the molecule is CO[B-](O)(O)O. The first kappa shape index (κ1) is 5.90. The molecule has 0 aliphatic carbocycles. The number of hydrogen-bond acceptors (Lipinski definition) is 4. The van der Waals surface area contributed by atoms with E-state index in [0.717, 1.165) is 7.11 Å². The summed E-state index contributed by atoms with van der Waals surface area (Å²) in [5, 5.41) is 23.3. The second-order valence-electron chi connectivity index (χ2n) is 0.898. The molecule has 0 amide bonds. The molecule has 0 atom stereocenters. The van der Waals surface area contributed by atoms with Crippen molar-refractivity contribution in [3.8, 4) is 0 Å². The lowest BCUT2D eigenvalue weighted by Crippen LogP contribution is -2.37. The van der Waals surface area contributed by atoms with Crippen molar-refractivity contribution in [2.45, 2.75) is 0 Å². The summed E-state index contributed by atoms with van der Waals surface area (Å²) in [5.74, 6) is 0. The maximum atomic E-state index is 7.78. The topological polar surface area (TPSA) is 69.9 Å². The average Bonchev–Trinajstić information content (AvgIpc) is 1.35. The van der Waals surface area contributed by atoms with Gasteiger partial charge in [-0.15, -0.1) is 0 Å². The summed E-state index contributed by atoms with van der Waals surface area (Å²) in [6.45, 7) is -3.49. The first-order chi connectivity index (χ1) is 2.56. The lowest BCUT2D eigenvalue weighted by Gasteiger charge is -2.16. The molecule has 0 unspecified atom stereocenters. The maximum absolute atomic E-state index is 7.78. The van der Waals surface area contributed by atoms with Crippen molar-refractivity contribution in [2.24, 2.45) is 0 Å².